The van der Waals surface area contributed by atoms with E-state index in [1.54, 1.807) is 61.7 Å². The molecule has 0 fully saturated rings. The predicted octanol–water partition coefficient (Wildman–Crippen LogP) is 4.31. The third kappa shape index (κ3) is 3.32. The highest BCUT2D eigenvalue weighted by molar-refractivity contribution is 6.02. The molecule has 4 rings (SSSR count). The van der Waals surface area contributed by atoms with Gasteiger partial charge < -0.3 is 18.9 Å². The van der Waals surface area contributed by atoms with E-state index in [9.17, 15) is 9.59 Å². The first-order valence-electron chi connectivity index (χ1n) is 8.21. The van der Waals surface area contributed by atoms with E-state index < -0.39 is 0 Å². The smallest absolute Gasteiger partial charge is 0.291 e. The summed E-state index contributed by atoms with van der Waals surface area (Å²) in [4.78, 5) is 24.4. The maximum Gasteiger partial charge on any atom is 0.291 e. The largest absolute Gasteiger partial charge is 0.497 e. The molecule has 2 heterocycles. The molecule has 0 radical (unpaired) electrons. The lowest BCUT2D eigenvalue weighted by Crippen LogP contribution is -2.10. The van der Waals surface area contributed by atoms with Crippen LogP contribution in [-0.2, 0) is 0 Å². The Morgan fingerprint density at radius 3 is 2.56 bits per heavy atom. The van der Waals surface area contributed by atoms with E-state index in [4.69, 9.17) is 13.6 Å². The summed E-state index contributed by atoms with van der Waals surface area (Å²) in [6.45, 7) is 0. The average molecular weight is 361 g/mol. The maximum absolute atomic E-state index is 12.4. The van der Waals surface area contributed by atoms with Crippen LogP contribution >= 0.6 is 0 Å². The van der Waals surface area contributed by atoms with Crippen LogP contribution in [0.1, 0.15) is 10.6 Å². The highest BCUT2D eigenvalue weighted by atomic mass is 16.5. The van der Waals surface area contributed by atoms with Crippen molar-refractivity contribution in [2.24, 2.45) is 0 Å². The molecule has 0 saturated heterocycles. The van der Waals surface area contributed by atoms with Crippen LogP contribution in [0.5, 0.6) is 5.75 Å². The second kappa shape index (κ2) is 6.84. The molecule has 1 N–H and O–H groups in total. The molecule has 134 valence electrons. The predicted molar refractivity (Wildman–Crippen MR) is 101 cm³/mol. The quantitative estimate of drug-likeness (QED) is 0.586. The van der Waals surface area contributed by atoms with Gasteiger partial charge in [0.25, 0.3) is 5.91 Å². The van der Waals surface area contributed by atoms with E-state index in [2.05, 4.69) is 5.32 Å². The first-order chi connectivity index (χ1) is 13.1. The number of fused-ring (bicyclic) bond motifs is 1. The Labute approximate surface area is 154 Å². The van der Waals surface area contributed by atoms with Gasteiger partial charge in [0.05, 0.1) is 18.8 Å². The Morgan fingerprint density at radius 2 is 1.85 bits per heavy atom. The van der Waals surface area contributed by atoms with Crippen molar-refractivity contribution < 1.29 is 18.4 Å². The fourth-order valence-electron chi connectivity index (χ4n) is 2.72. The van der Waals surface area contributed by atoms with Crippen molar-refractivity contribution in [3.63, 3.8) is 0 Å². The van der Waals surface area contributed by atoms with Crippen molar-refractivity contribution in [2.75, 3.05) is 12.4 Å². The molecular weight excluding hydrogens is 346 g/mol. The van der Waals surface area contributed by atoms with Crippen molar-refractivity contribution >= 4 is 22.6 Å². The van der Waals surface area contributed by atoms with Crippen LogP contribution in [-0.4, -0.2) is 13.0 Å². The first kappa shape index (κ1) is 16.7. The van der Waals surface area contributed by atoms with Crippen LogP contribution in [0.25, 0.3) is 22.3 Å². The monoisotopic (exact) mass is 361 g/mol. The molecule has 4 aromatic rings. The zero-order valence-electron chi connectivity index (χ0n) is 14.4. The molecule has 6 nitrogen and oxygen atoms in total. The number of anilines is 1. The Morgan fingerprint density at radius 1 is 1.04 bits per heavy atom. The van der Waals surface area contributed by atoms with E-state index in [0.29, 0.717) is 28.2 Å². The third-order valence-corrected chi connectivity index (χ3v) is 4.11. The van der Waals surface area contributed by atoms with Gasteiger partial charge >= 0.3 is 0 Å². The topological polar surface area (TPSA) is 81.7 Å². The zero-order chi connectivity index (χ0) is 18.8. The molecule has 6 heteroatoms. The number of furan rings is 1. The van der Waals surface area contributed by atoms with Crippen molar-refractivity contribution in [3.8, 4) is 17.1 Å². The van der Waals surface area contributed by atoms with Crippen LogP contribution in [0.2, 0.25) is 0 Å². The van der Waals surface area contributed by atoms with E-state index in [0.717, 1.165) is 5.56 Å². The zero-order valence-corrected chi connectivity index (χ0v) is 14.4. The number of ether oxygens (including phenoxy) is 1. The van der Waals surface area contributed by atoms with E-state index in [-0.39, 0.29) is 17.1 Å². The Balaban J connectivity index is 1.62. The fourth-order valence-corrected chi connectivity index (χ4v) is 2.72. The summed E-state index contributed by atoms with van der Waals surface area (Å²) in [5.41, 5.74) is 1.66. The standard InChI is InChI=1S/C21H15NO5/c1-25-15-8-9-18-16(11-15)17(23)12-20(27-18)13-4-6-14(7-5-13)22-21(24)19-3-2-10-26-19/h2-12H,1H3,(H,22,24). The van der Waals surface area contributed by atoms with Crippen LogP contribution in [0.3, 0.4) is 0 Å². The second-order valence-electron chi connectivity index (χ2n) is 5.85. The minimum absolute atomic E-state index is 0.152. The van der Waals surface area contributed by atoms with Gasteiger partial charge in [0.1, 0.15) is 17.1 Å². The SMILES string of the molecule is COc1ccc2oc(-c3ccc(NC(=O)c4ccco4)cc3)cc(=O)c2c1. The van der Waals surface area contributed by atoms with Gasteiger partial charge in [-0.05, 0) is 54.6 Å². The van der Waals surface area contributed by atoms with Gasteiger partial charge in [-0.3, -0.25) is 9.59 Å². The lowest BCUT2D eigenvalue weighted by atomic mass is 10.1. The number of nitrogens with one attached hydrogen (secondary N) is 1. The second-order valence-corrected chi connectivity index (χ2v) is 5.85. The Hall–Kier alpha value is -3.80. The number of carbonyl (C=O) groups is 1. The number of rotatable bonds is 4. The van der Waals surface area contributed by atoms with Gasteiger partial charge in [0.2, 0.25) is 0 Å². The summed E-state index contributed by atoms with van der Waals surface area (Å²) >= 11 is 0. The van der Waals surface area contributed by atoms with E-state index in [1.807, 2.05) is 0 Å². The van der Waals surface area contributed by atoms with Gasteiger partial charge in [-0.1, -0.05) is 0 Å². The Kier molecular flexibility index (Phi) is 4.22. The molecule has 0 bridgehead atoms. The minimum atomic E-state index is -0.334. The maximum atomic E-state index is 12.4. The lowest BCUT2D eigenvalue weighted by Gasteiger charge is -2.07. The summed E-state index contributed by atoms with van der Waals surface area (Å²) in [6.07, 6.45) is 1.44. The summed E-state index contributed by atoms with van der Waals surface area (Å²) in [5, 5.41) is 3.20. The van der Waals surface area contributed by atoms with E-state index >= 15 is 0 Å². The summed E-state index contributed by atoms with van der Waals surface area (Å²) in [6, 6.07) is 16.8. The first-order valence-corrected chi connectivity index (χ1v) is 8.21. The van der Waals surface area contributed by atoms with Crippen molar-refractivity contribution in [2.45, 2.75) is 0 Å². The van der Waals surface area contributed by atoms with Gasteiger partial charge in [0, 0.05) is 17.3 Å². The molecule has 0 saturated carbocycles. The summed E-state index contributed by atoms with van der Waals surface area (Å²) < 4.78 is 16.1. The van der Waals surface area contributed by atoms with E-state index in [1.165, 1.54) is 12.3 Å². The molecule has 0 unspecified atom stereocenters. The Bertz CT molecular complexity index is 1160. The van der Waals surface area contributed by atoms with Gasteiger partial charge in [0.15, 0.2) is 11.2 Å². The fraction of sp³-hybridized carbons (Fsp3) is 0.0476. The normalized spacial score (nSPS) is 10.7. The number of benzene rings is 2. The molecule has 0 atom stereocenters. The number of carbonyl (C=O) groups excluding carboxylic acids is 1. The van der Waals surface area contributed by atoms with Gasteiger partial charge in [-0.2, -0.15) is 0 Å². The van der Waals surface area contributed by atoms with Crippen LogP contribution in [0, 0.1) is 0 Å². The molecule has 2 aromatic heterocycles. The summed E-state index contributed by atoms with van der Waals surface area (Å²) in [7, 11) is 1.55. The number of methoxy groups -OCH3 is 1. The van der Waals surface area contributed by atoms with Crippen molar-refractivity contribution in [3.05, 3.63) is 82.9 Å². The summed E-state index contributed by atoms with van der Waals surface area (Å²) in [5.74, 6) is 0.940. The van der Waals surface area contributed by atoms with Crippen LogP contribution < -0.4 is 15.5 Å². The van der Waals surface area contributed by atoms with Crippen molar-refractivity contribution in [1.82, 2.24) is 0 Å². The van der Waals surface area contributed by atoms with Crippen LogP contribution in [0.4, 0.5) is 5.69 Å². The third-order valence-electron chi connectivity index (χ3n) is 4.11. The number of hydrogen-bond donors (Lipinski definition) is 1. The lowest BCUT2D eigenvalue weighted by molar-refractivity contribution is 0.0996. The van der Waals surface area contributed by atoms with Crippen LogP contribution in [0.15, 0.2) is 80.6 Å². The minimum Gasteiger partial charge on any atom is -0.497 e. The van der Waals surface area contributed by atoms with Gasteiger partial charge in [-0.15, -0.1) is 0 Å². The highest BCUT2D eigenvalue weighted by Gasteiger charge is 2.10. The molecule has 2 aromatic carbocycles. The molecule has 0 aliphatic heterocycles. The molecule has 0 aliphatic rings. The molecular formula is C21H15NO5. The molecule has 1 amide bonds. The number of hydrogen-bond acceptors (Lipinski definition) is 5. The molecule has 27 heavy (non-hydrogen) atoms. The average Bonchev–Trinajstić information content (AvgIpc) is 3.23. The highest BCUT2D eigenvalue weighted by Crippen LogP contribution is 2.25. The molecule has 0 spiro atoms. The molecule has 0 aliphatic carbocycles. The van der Waals surface area contributed by atoms with Crippen molar-refractivity contribution in [1.29, 1.82) is 0 Å². The van der Waals surface area contributed by atoms with Gasteiger partial charge in [-0.25, -0.2) is 0 Å². The number of amides is 1.